The van der Waals surface area contributed by atoms with Crippen LogP contribution in [0, 0.1) is 11.3 Å². The number of amides is 1. The normalized spacial score (nSPS) is 20.8. The highest BCUT2D eigenvalue weighted by Crippen LogP contribution is 2.32. The standard InChI is InChI=1S/C18H29NO5/c1-13(10-24-14-7-9-22-11-14)16(15-6-5-8-23-15)19(17(20)21)12-18(2,3)4/h5-6,8,13-14,16H,7,9-12H2,1-4H3,(H,20,21)/t13-,14+,16+/m1/s1. The molecule has 0 aliphatic carbocycles. The lowest BCUT2D eigenvalue weighted by molar-refractivity contribution is -0.00370. The van der Waals surface area contributed by atoms with Gasteiger partial charge in [0.25, 0.3) is 0 Å². The summed E-state index contributed by atoms with van der Waals surface area (Å²) in [6.45, 7) is 10.3. The Morgan fingerprint density at radius 1 is 1.50 bits per heavy atom. The molecule has 0 aromatic carbocycles. The molecule has 1 saturated heterocycles. The maximum absolute atomic E-state index is 11.9. The average molecular weight is 339 g/mol. The van der Waals surface area contributed by atoms with Gasteiger partial charge < -0.3 is 19.0 Å². The maximum atomic E-state index is 11.9. The highest BCUT2D eigenvalue weighted by molar-refractivity contribution is 5.65. The summed E-state index contributed by atoms with van der Waals surface area (Å²) >= 11 is 0. The van der Waals surface area contributed by atoms with E-state index in [1.807, 2.05) is 33.8 Å². The first-order valence-corrected chi connectivity index (χ1v) is 8.50. The van der Waals surface area contributed by atoms with Crippen LogP contribution in [-0.2, 0) is 9.47 Å². The summed E-state index contributed by atoms with van der Waals surface area (Å²) in [4.78, 5) is 13.4. The van der Waals surface area contributed by atoms with Gasteiger partial charge in [0.1, 0.15) is 5.76 Å². The zero-order valence-corrected chi connectivity index (χ0v) is 15.0. The van der Waals surface area contributed by atoms with Crippen molar-refractivity contribution in [1.29, 1.82) is 0 Å². The Labute approximate surface area is 143 Å². The molecule has 136 valence electrons. The quantitative estimate of drug-likeness (QED) is 0.818. The lowest BCUT2D eigenvalue weighted by Crippen LogP contribution is -2.43. The van der Waals surface area contributed by atoms with E-state index in [2.05, 4.69) is 0 Å². The van der Waals surface area contributed by atoms with E-state index in [4.69, 9.17) is 13.9 Å². The molecule has 1 amide bonds. The van der Waals surface area contributed by atoms with Gasteiger partial charge >= 0.3 is 6.09 Å². The van der Waals surface area contributed by atoms with Gasteiger partial charge in [-0.05, 0) is 24.0 Å². The highest BCUT2D eigenvalue weighted by Gasteiger charge is 2.35. The van der Waals surface area contributed by atoms with Crippen LogP contribution in [0.15, 0.2) is 22.8 Å². The van der Waals surface area contributed by atoms with Crippen LogP contribution in [-0.4, -0.2) is 48.6 Å². The lowest BCUT2D eigenvalue weighted by Gasteiger charge is -2.36. The Morgan fingerprint density at radius 3 is 2.75 bits per heavy atom. The summed E-state index contributed by atoms with van der Waals surface area (Å²) in [5.74, 6) is 0.621. The molecule has 6 heteroatoms. The van der Waals surface area contributed by atoms with Crippen molar-refractivity contribution >= 4 is 6.09 Å². The molecule has 24 heavy (non-hydrogen) atoms. The summed E-state index contributed by atoms with van der Waals surface area (Å²) in [5.41, 5.74) is -0.150. The number of rotatable bonds is 7. The SMILES string of the molecule is C[C@H](CO[C@H]1CCOC1)[C@@H](c1ccco1)N(CC(C)(C)C)C(=O)O. The average Bonchev–Trinajstić information content (AvgIpc) is 3.16. The molecule has 3 atom stereocenters. The van der Waals surface area contributed by atoms with Gasteiger partial charge in [-0.2, -0.15) is 0 Å². The molecule has 1 aliphatic rings. The number of hydrogen-bond acceptors (Lipinski definition) is 4. The molecule has 0 saturated carbocycles. The first-order chi connectivity index (χ1) is 11.3. The number of nitrogens with zero attached hydrogens (tertiary/aromatic N) is 1. The van der Waals surface area contributed by atoms with E-state index in [0.29, 0.717) is 25.5 Å². The zero-order valence-electron chi connectivity index (χ0n) is 15.0. The number of ether oxygens (including phenoxy) is 2. The second-order valence-corrected chi connectivity index (χ2v) is 7.73. The third-order valence-corrected chi connectivity index (χ3v) is 4.08. The minimum atomic E-state index is -0.942. The van der Waals surface area contributed by atoms with Gasteiger partial charge in [-0.3, -0.25) is 4.90 Å². The number of hydrogen-bond donors (Lipinski definition) is 1. The van der Waals surface area contributed by atoms with Crippen molar-refractivity contribution in [3.05, 3.63) is 24.2 Å². The summed E-state index contributed by atoms with van der Waals surface area (Å²) in [6.07, 6.45) is 1.63. The van der Waals surface area contributed by atoms with Crippen molar-refractivity contribution in [3.8, 4) is 0 Å². The Hall–Kier alpha value is -1.53. The minimum absolute atomic E-state index is 0.0322. The predicted molar refractivity (Wildman–Crippen MR) is 90.0 cm³/mol. The van der Waals surface area contributed by atoms with Crippen molar-refractivity contribution in [2.45, 2.75) is 46.3 Å². The van der Waals surface area contributed by atoms with Crippen LogP contribution in [0.5, 0.6) is 0 Å². The molecular formula is C18H29NO5. The van der Waals surface area contributed by atoms with Crippen molar-refractivity contribution in [3.63, 3.8) is 0 Å². The summed E-state index contributed by atoms with van der Waals surface area (Å²) < 4.78 is 16.8. The Balaban J connectivity index is 2.14. The Kier molecular flexibility index (Phi) is 6.29. The molecule has 0 spiro atoms. The van der Waals surface area contributed by atoms with E-state index in [9.17, 15) is 9.90 Å². The lowest BCUT2D eigenvalue weighted by atomic mass is 9.92. The fourth-order valence-corrected chi connectivity index (χ4v) is 3.02. The maximum Gasteiger partial charge on any atom is 0.407 e. The third kappa shape index (κ3) is 5.24. The molecule has 0 radical (unpaired) electrons. The van der Waals surface area contributed by atoms with Crippen LogP contribution in [0.4, 0.5) is 4.79 Å². The highest BCUT2D eigenvalue weighted by atomic mass is 16.5. The van der Waals surface area contributed by atoms with E-state index in [-0.39, 0.29) is 23.5 Å². The third-order valence-electron chi connectivity index (χ3n) is 4.08. The molecule has 2 rings (SSSR count). The zero-order chi connectivity index (χ0) is 17.7. The van der Waals surface area contributed by atoms with Crippen LogP contribution in [0.1, 0.15) is 45.9 Å². The van der Waals surface area contributed by atoms with Gasteiger partial charge in [-0.1, -0.05) is 27.7 Å². The number of carboxylic acid groups (broad SMARTS) is 1. The largest absolute Gasteiger partial charge is 0.467 e. The fraction of sp³-hybridized carbons (Fsp3) is 0.722. The number of furan rings is 1. The molecule has 1 aromatic heterocycles. The molecule has 1 fully saturated rings. The second-order valence-electron chi connectivity index (χ2n) is 7.73. The van der Waals surface area contributed by atoms with Crippen LogP contribution in [0.25, 0.3) is 0 Å². The van der Waals surface area contributed by atoms with Crippen molar-refractivity contribution in [2.75, 3.05) is 26.4 Å². The first-order valence-electron chi connectivity index (χ1n) is 8.50. The van der Waals surface area contributed by atoms with E-state index in [0.717, 1.165) is 13.0 Å². The molecule has 0 unspecified atom stereocenters. The van der Waals surface area contributed by atoms with Gasteiger partial charge in [0.15, 0.2) is 0 Å². The van der Waals surface area contributed by atoms with Crippen LogP contribution < -0.4 is 0 Å². The molecular weight excluding hydrogens is 310 g/mol. The van der Waals surface area contributed by atoms with E-state index in [1.165, 1.54) is 4.90 Å². The summed E-state index contributed by atoms with van der Waals surface area (Å²) in [6, 6.07) is 3.25. The molecule has 0 bridgehead atoms. The van der Waals surface area contributed by atoms with Gasteiger partial charge in [0.2, 0.25) is 0 Å². The van der Waals surface area contributed by atoms with Gasteiger partial charge in [-0.15, -0.1) is 0 Å². The number of carbonyl (C=O) groups is 1. The second kappa shape index (κ2) is 8.03. The van der Waals surface area contributed by atoms with Crippen LogP contribution in [0.3, 0.4) is 0 Å². The fourth-order valence-electron chi connectivity index (χ4n) is 3.02. The van der Waals surface area contributed by atoms with E-state index >= 15 is 0 Å². The first kappa shape index (κ1) is 18.8. The van der Waals surface area contributed by atoms with E-state index < -0.39 is 6.09 Å². The Bertz CT molecular complexity index is 502. The topological polar surface area (TPSA) is 72.1 Å². The van der Waals surface area contributed by atoms with E-state index in [1.54, 1.807) is 12.3 Å². The van der Waals surface area contributed by atoms with Crippen molar-refractivity contribution in [2.24, 2.45) is 11.3 Å². The predicted octanol–water partition coefficient (Wildman–Crippen LogP) is 3.79. The summed E-state index contributed by atoms with van der Waals surface area (Å²) in [7, 11) is 0. The van der Waals surface area contributed by atoms with Crippen molar-refractivity contribution in [1.82, 2.24) is 4.90 Å². The van der Waals surface area contributed by atoms with Crippen LogP contribution in [0.2, 0.25) is 0 Å². The molecule has 1 aliphatic heterocycles. The van der Waals surface area contributed by atoms with Gasteiger partial charge in [-0.25, -0.2) is 4.79 Å². The molecule has 1 N–H and O–H groups in total. The smallest absolute Gasteiger partial charge is 0.407 e. The monoisotopic (exact) mass is 339 g/mol. The molecule has 2 heterocycles. The van der Waals surface area contributed by atoms with Crippen LogP contribution >= 0.6 is 0 Å². The minimum Gasteiger partial charge on any atom is -0.467 e. The van der Waals surface area contributed by atoms with Gasteiger partial charge in [0, 0.05) is 19.1 Å². The van der Waals surface area contributed by atoms with Crippen molar-refractivity contribution < 1.29 is 23.8 Å². The summed E-state index contributed by atoms with van der Waals surface area (Å²) in [5, 5.41) is 9.76. The van der Waals surface area contributed by atoms with Gasteiger partial charge in [0.05, 0.1) is 31.6 Å². The molecule has 6 nitrogen and oxygen atoms in total. The Morgan fingerprint density at radius 2 is 2.25 bits per heavy atom. The molecule has 1 aromatic rings.